The summed E-state index contributed by atoms with van der Waals surface area (Å²) in [5, 5.41) is 21.5. The molecule has 1 heterocycles. The van der Waals surface area contributed by atoms with E-state index in [1.807, 2.05) is 13.8 Å². The summed E-state index contributed by atoms with van der Waals surface area (Å²) in [5.74, 6) is -0.974. The van der Waals surface area contributed by atoms with E-state index >= 15 is 0 Å². The molecule has 6 nitrogen and oxygen atoms in total. The maximum absolute atomic E-state index is 12.2. The first-order chi connectivity index (χ1) is 9.82. The fourth-order valence-electron chi connectivity index (χ4n) is 2.47. The fraction of sp³-hybridized carbons (Fsp3) is 0.467. The zero-order chi connectivity index (χ0) is 15.6. The quantitative estimate of drug-likeness (QED) is 0.786. The number of carboxylic acid groups (broad SMARTS) is 1. The largest absolute Gasteiger partial charge is 0.478 e. The van der Waals surface area contributed by atoms with Crippen molar-refractivity contribution >= 4 is 12.0 Å². The van der Waals surface area contributed by atoms with Gasteiger partial charge in [-0.2, -0.15) is 0 Å². The van der Waals surface area contributed by atoms with Gasteiger partial charge in [-0.15, -0.1) is 0 Å². The Kier molecular flexibility index (Phi) is 4.18. The van der Waals surface area contributed by atoms with Crippen molar-refractivity contribution in [2.45, 2.75) is 38.5 Å². The minimum absolute atomic E-state index is 0.217. The molecule has 0 spiro atoms. The first kappa shape index (κ1) is 15.3. The number of hydrogen-bond donors (Lipinski definition) is 3. The molecule has 21 heavy (non-hydrogen) atoms. The number of nitrogens with one attached hydrogen (secondary N) is 1. The number of amides is 2. The van der Waals surface area contributed by atoms with Crippen LogP contribution in [0.25, 0.3) is 0 Å². The van der Waals surface area contributed by atoms with Gasteiger partial charge in [0.1, 0.15) is 0 Å². The van der Waals surface area contributed by atoms with Gasteiger partial charge in [0.2, 0.25) is 0 Å². The predicted octanol–water partition coefficient (Wildman–Crippen LogP) is 1.44. The number of nitrogens with zero attached hydrogens (tertiary/aromatic N) is 1. The van der Waals surface area contributed by atoms with Gasteiger partial charge in [0.15, 0.2) is 0 Å². The SMILES string of the molecule is CC1(C)C(O)CCN1C(=O)NCc1ccc(C(=O)O)cc1. The second-order valence-electron chi connectivity index (χ2n) is 5.77. The Bertz CT molecular complexity index is 539. The number of aliphatic hydroxyl groups is 1. The van der Waals surface area contributed by atoms with Crippen LogP contribution in [0.4, 0.5) is 4.79 Å². The van der Waals surface area contributed by atoms with Crippen LogP contribution in [-0.4, -0.2) is 45.3 Å². The van der Waals surface area contributed by atoms with Gasteiger partial charge in [-0.25, -0.2) is 9.59 Å². The maximum Gasteiger partial charge on any atom is 0.335 e. The molecule has 1 unspecified atom stereocenters. The lowest BCUT2D eigenvalue weighted by Crippen LogP contribution is -2.51. The molecule has 3 N–H and O–H groups in total. The second-order valence-corrected chi connectivity index (χ2v) is 5.77. The van der Waals surface area contributed by atoms with E-state index in [1.54, 1.807) is 17.0 Å². The monoisotopic (exact) mass is 292 g/mol. The highest BCUT2D eigenvalue weighted by atomic mass is 16.4. The van der Waals surface area contributed by atoms with E-state index in [4.69, 9.17) is 5.11 Å². The highest BCUT2D eigenvalue weighted by Gasteiger charge is 2.42. The molecule has 1 aromatic rings. The van der Waals surface area contributed by atoms with Crippen LogP contribution >= 0.6 is 0 Å². The maximum atomic E-state index is 12.2. The highest BCUT2D eigenvalue weighted by molar-refractivity contribution is 5.87. The van der Waals surface area contributed by atoms with Crippen molar-refractivity contribution < 1.29 is 19.8 Å². The zero-order valence-electron chi connectivity index (χ0n) is 12.2. The molecule has 114 valence electrons. The van der Waals surface area contributed by atoms with E-state index in [9.17, 15) is 14.7 Å². The van der Waals surface area contributed by atoms with Gasteiger partial charge in [0.25, 0.3) is 0 Å². The van der Waals surface area contributed by atoms with Crippen LogP contribution in [0.1, 0.15) is 36.2 Å². The van der Waals surface area contributed by atoms with Crippen molar-refractivity contribution in [3.8, 4) is 0 Å². The van der Waals surface area contributed by atoms with Crippen molar-refractivity contribution in [1.82, 2.24) is 10.2 Å². The number of likely N-dealkylation sites (tertiary alicyclic amines) is 1. The summed E-state index contributed by atoms with van der Waals surface area (Å²) < 4.78 is 0. The Balaban J connectivity index is 1.94. The van der Waals surface area contributed by atoms with Crippen molar-refractivity contribution in [1.29, 1.82) is 0 Å². The van der Waals surface area contributed by atoms with E-state index in [2.05, 4.69) is 5.32 Å². The van der Waals surface area contributed by atoms with Crippen LogP contribution in [-0.2, 0) is 6.54 Å². The van der Waals surface area contributed by atoms with Gasteiger partial charge >= 0.3 is 12.0 Å². The third kappa shape index (κ3) is 3.16. The normalized spacial score (nSPS) is 20.3. The number of aliphatic hydroxyl groups excluding tert-OH is 1. The van der Waals surface area contributed by atoms with E-state index < -0.39 is 17.6 Å². The minimum atomic E-state index is -0.974. The average molecular weight is 292 g/mol. The molecule has 0 aliphatic carbocycles. The molecule has 6 heteroatoms. The van der Waals surface area contributed by atoms with Crippen molar-refractivity contribution in [3.63, 3.8) is 0 Å². The summed E-state index contributed by atoms with van der Waals surface area (Å²) in [6.07, 6.45) is 0.0615. The van der Waals surface area contributed by atoms with Crippen molar-refractivity contribution in [2.75, 3.05) is 6.54 Å². The van der Waals surface area contributed by atoms with E-state index in [1.165, 1.54) is 12.1 Å². The van der Waals surface area contributed by atoms with Crippen LogP contribution in [0.5, 0.6) is 0 Å². The lowest BCUT2D eigenvalue weighted by Gasteiger charge is -2.33. The number of carbonyl (C=O) groups excluding carboxylic acids is 1. The number of carbonyl (C=O) groups is 2. The number of hydrogen-bond acceptors (Lipinski definition) is 3. The number of urea groups is 1. The summed E-state index contributed by atoms with van der Waals surface area (Å²) in [6, 6.07) is 6.14. The van der Waals surface area contributed by atoms with E-state index in [0.29, 0.717) is 19.5 Å². The summed E-state index contributed by atoms with van der Waals surface area (Å²) in [5.41, 5.74) is 0.469. The zero-order valence-corrected chi connectivity index (χ0v) is 12.2. The number of aromatic carboxylic acids is 1. The summed E-state index contributed by atoms with van der Waals surface area (Å²) in [4.78, 5) is 24.5. The molecule has 0 saturated carbocycles. The highest BCUT2D eigenvalue weighted by Crippen LogP contribution is 2.28. The Morgan fingerprint density at radius 2 is 1.95 bits per heavy atom. The number of carboxylic acids is 1. The molecule has 2 rings (SSSR count). The molecular formula is C15H20N2O4. The molecule has 1 aromatic carbocycles. The molecule has 1 aliphatic rings. The molecule has 0 aromatic heterocycles. The lowest BCUT2D eigenvalue weighted by atomic mass is 9.99. The molecule has 0 bridgehead atoms. The average Bonchev–Trinajstić information content (AvgIpc) is 2.71. The van der Waals surface area contributed by atoms with Crippen molar-refractivity contribution in [3.05, 3.63) is 35.4 Å². The smallest absolute Gasteiger partial charge is 0.335 e. The third-order valence-electron chi connectivity index (χ3n) is 4.03. The van der Waals surface area contributed by atoms with Crippen LogP contribution in [0, 0.1) is 0 Å². The van der Waals surface area contributed by atoms with Gasteiger partial charge in [-0.1, -0.05) is 12.1 Å². The fourth-order valence-corrected chi connectivity index (χ4v) is 2.47. The third-order valence-corrected chi connectivity index (χ3v) is 4.03. The molecule has 2 amide bonds. The van der Waals surface area contributed by atoms with Gasteiger partial charge in [-0.3, -0.25) is 0 Å². The Morgan fingerprint density at radius 1 is 1.33 bits per heavy atom. The standard InChI is InChI=1S/C15H20N2O4/c1-15(2)12(18)7-8-17(15)14(21)16-9-10-3-5-11(6-4-10)13(19)20/h3-6,12,18H,7-9H2,1-2H3,(H,16,21)(H,19,20). The van der Waals surface area contributed by atoms with E-state index in [0.717, 1.165) is 5.56 Å². The van der Waals surface area contributed by atoms with Crippen LogP contribution in [0.2, 0.25) is 0 Å². The Morgan fingerprint density at radius 3 is 2.43 bits per heavy atom. The van der Waals surface area contributed by atoms with E-state index in [-0.39, 0.29) is 11.6 Å². The topological polar surface area (TPSA) is 89.9 Å². The summed E-state index contributed by atoms with van der Waals surface area (Å²) in [6.45, 7) is 4.52. The molecule has 1 atom stereocenters. The van der Waals surface area contributed by atoms with Gasteiger partial charge in [0, 0.05) is 13.1 Å². The molecule has 0 radical (unpaired) electrons. The molecular weight excluding hydrogens is 272 g/mol. The first-order valence-corrected chi connectivity index (χ1v) is 6.88. The number of benzene rings is 1. The molecule has 1 saturated heterocycles. The lowest BCUT2D eigenvalue weighted by molar-refractivity contribution is 0.0694. The number of rotatable bonds is 3. The minimum Gasteiger partial charge on any atom is -0.478 e. The van der Waals surface area contributed by atoms with Crippen LogP contribution in [0.3, 0.4) is 0 Å². The Labute approximate surface area is 123 Å². The van der Waals surface area contributed by atoms with Crippen molar-refractivity contribution in [2.24, 2.45) is 0 Å². The second kappa shape index (κ2) is 5.73. The first-order valence-electron chi connectivity index (χ1n) is 6.88. The van der Waals surface area contributed by atoms with Gasteiger partial charge in [0.05, 0.1) is 17.2 Å². The predicted molar refractivity (Wildman–Crippen MR) is 77.0 cm³/mol. The summed E-state index contributed by atoms with van der Waals surface area (Å²) >= 11 is 0. The van der Waals surface area contributed by atoms with Gasteiger partial charge < -0.3 is 20.4 Å². The molecule has 1 fully saturated rings. The molecule has 1 aliphatic heterocycles. The van der Waals surface area contributed by atoms with Crippen LogP contribution < -0.4 is 5.32 Å². The summed E-state index contributed by atoms with van der Waals surface area (Å²) in [7, 11) is 0. The van der Waals surface area contributed by atoms with Gasteiger partial charge in [-0.05, 0) is 38.0 Å². The van der Waals surface area contributed by atoms with Crippen LogP contribution in [0.15, 0.2) is 24.3 Å². The Hall–Kier alpha value is -2.08.